The summed E-state index contributed by atoms with van der Waals surface area (Å²) in [5.74, 6) is 2.01. The number of allylic oxidation sites excluding steroid dienone is 4. The minimum Gasteiger partial charge on any atom is -0.456 e. The molecule has 100 heavy (non-hydrogen) atoms. The van der Waals surface area contributed by atoms with E-state index >= 15 is 0 Å². The first kappa shape index (κ1) is 77.9. The minimum atomic E-state index is -0.979. The number of hydrogen-bond acceptors (Lipinski definition) is 13. The number of carbonyl (C=O) groups is 7. The third kappa shape index (κ3) is 11.4. The van der Waals surface area contributed by atoms with Crippen molar-refractivity contribution in [2.24, 2.45) is 141 Å². The zero-order valence-corrected chi connectivity index (χ0v) is 66.9. The van der Waals surface area contributed by atoms with E-state index in [4.69, 9.17) is 23.7 Å². The zero-order valence-electron chi connectivity index (χ0n) is 66.9. The first-order valence-corrected chi connectivity index (χ1v) is 39.9. The van der Waals surface area contributed by atoms with Gasteiger partial charge in [-0.05, 0) is 267 Å². The molecule has 30 atom stereocenters. The maximum absolute atomic E-state index is 13.6. The molecule has 13 heteroatoms. The molecule has 1 N–H and O–H groups in total. The van der Waals surface area contributed by atoms with Gasteiger partial charge in [-0.25, -0.2) is 0 Å². The number of aliphatic hydroxyl groups excluding tert-OH is 1. The van der Waals surface area contributed by atoms with Crippen LogP contribution >= 0.6 is 0 Å². The van der Waals surface area contributed by atoms with Crippen LogP contribution < -0.4 is 0 Å². The summed E-state index contributed by atoms with van der Waals surface area (Å²) in [5.41, 5.74) is -0.279. The molecule has 0 spiro atoms. The van der Waals surface area contributed by atoms with Crippen molar-refractivity contribution in [2.45, 2.75) is 338 Å². The van der Waals surface area contributed by atoms with Gasteiger partial charge >= 0.3 is 5.97 Å². The molecule has 13 nitrogen and oxygen atoms in total. The van der Waals surface area contributed by atoms with Crippen LogP contribution in [0.2, 0.25) is 0 Å². The summed E-state index contributed by atoms with van der Waals surface area (Å²) in [6.45, 7) is 53.5. The highest BCUT2D eigenvalue weighted by atomic mass is 16.7. The van der Waals surface area contributed by atoms with Crippen molar-refractivity contribution in [3.8, 4) is 0 Å². The highest BCUT2D eigenvalue weighted by Crippen LogP contribution is 2.79. The molecule has 0 bridgehead atoms. The Kier molecular flexibility index (Phi) is 20.0. The first-order valence-electron chi connectivity index (χ1n) is 39.9. The summed E-state index contributed by atoms with van der Waals surface area (Å²) in [7, 11) is 0. The molecule has 0 aromatic heterocycles. The van der Waals surface area contributed by atoms with Gasteiger partial charge in [0.25, 0.3) is 0 Å². The Morgan fingerprint density at radius 2 is 0.900 bits per heavy atom. The van der Waals surface area contributed by atoms with Crippen LogP contribution in [0.25, 0.3) is 0 Å². The number of aldehydes is 2. The Hall–Kier alpha value is -3.23. The maximum atomic E-state index is 13.6. The van der Waals surface area contributed by atoms with Crippen molar-refractivity contribution in [1.82, 2.24) is 0 Å². The Morgan fingerprint density at radius 3 is 1.33 bits per heavy atom. The van der Waals surface area contributed by atoms with Gasteiger partial charge in [0.2, 0.25) is 0 Å². The molecular formula is C87H136O13. The van der Waals surface area contributed by atoms with E-state index in [1.165, 1.54) is 18.8 Å². The molecule has 2 aliphatic heterocycles. The van der Waals surface area contributed by atoms with Crippen LogP contribution in [0, 0.1) is 141 Å². The van der Waals surface area contributed by atoms with Gasteiger partial charge < -0.3 is 38.4 Å². The highest BCUT2D eigenvalue weighted by molar-refractivity contribution is 5.85. The van der Waals surface area contributed by atoms with E-state index in [1.807, 2.05) is 48.5 Å². The normalized spacial score (nSPS) is 51.3. The molecule has 0 aromatic carbocycles. The lowest BCUT2D eigenvalue weighted by Gasteiger charge is -2.72. The third-order valence-corrected chi connectivity index (χ3v) is 34.4. The number of ether oxygens (including phenoxy) is 5. The average molecular weight is 1390 g/mol. The second-order valence-electron chi connectivity index (χ2n) is 41.2. The molecule has 12 aliphatic rings. The number of hydrogen-bond donors (Lipinski definition) is 1. The minimum absolute atomic E-state index is 0.000505. The van der Waals surface area contributed by atoms with Gasteiger partial charge in [0.05, 0.1) is 40.0 Å². The molecule has 562 valence electrons. The lowest BCUT2D eigenvalue weighted by molar-refractivity contribution is -0.306. The summed E-state index contributed by atoms with van der Waals surface area (Å²) in [6, 6.07) is 0. The zero-order chi connectivity index (χ0) is 74.2. The van der Waals surface area contributed by atoms with Crippen LogP contribution in [0.1, 0.15) is 289 Å². The predicted octanol–water partition coefficient (Wildman–Crippen LogP) is 17.9. The van der Waals surface area contributed by atoms with Gasteiger partial charge in [-0.2, -0.15) is 0 Å². The van der Waals surface area contributed by atoms with Crippen molar-refractivity contribution < 1.29 is 62.4 Å². The molecule has 10 aliphatic carbocycles. The van der Waals surface area contributed by atoms with Crippen LogP contribution in [0.15, 0.2) is 23.3 Å². The van der Waals surface area contributed by atoms with Crippen LogP contribution in [-0.2, 0) is 57.2 Å². The Balaban J connectivity index is 0.000000203. The quantitative estimate of drug-likeness (QED) is 0.0892. The van der Waals surface area contributed by atoms with Crippen molar-refractivity contribution in [2.75, 3.05) is 0 Å². The van der Waals surface area contributed by atoms with E-state index in [9.17, 15) is 38.7 Å². The molecule has 10 fully saturated rings. The lowest BCUT2D eigenvalue weighted by Crippen LogP contribution is -2.68. The predicted molar refractivity (Wildman–Crippen MR) is 390 cm³/mol. The molecule has 12 rings (SSSR count). The number of aliphatic hydroxyl groups is 1. The molecule has 0 radical (unpaired) electrons. The summed E-state index contributed by atoms with van der Waals surface area (Å²) in [4.78, 5) is 92.7. The molecular weight excluding hydrogens is 1250 g/mol. The van der Waals surface area contributed by atoms with Crippen LogP contribution in [-0.4, -0.2) is 96.0 Å². The molecule has 2 heterocycles. The number of ketones is 4. The lowest BCUT2D eigenvalue weighted by atomic mass is 9.32. The van der Waals surface area contributed by atoms with E-state index < -0.39 is 64.8 Å². The molecule has 8 saturated carbocycles. The number of carbonyl (C=O) groups excluding carboxylic acids is 7. The number of esters is 1. The van der Waals surface area contributed by atoms with E-state index in [-0.39, 0.29) is 131 Å². The fourth-order valence-electron chi connectivity index (χ4n) is 27.2. The number of fused-ring (bicyclic) bond motifs is 14. The van der Waals surface area contributed by atoms with E-state index in [2.05, 4.69) is 116 Å². The number of rotatable bonds is 11. The fraction of sp³-hybridized carbons (Fsp3) is 0.874. The SMILES string of the molecule is CC(=O)C1O[C@@H](O[C@H]2CCC3(C)C4CC=C5C6CC(C)(C)CC[C@]6(C(C)=O)C(C)C[C@@]5(C)[C@@]4(C)CC[C@H]3[C@@]2(C)C=O)C(C)[C@H](C)[C@@H]1C.CC(=O)C1O[C@@H](O[C@H]2CCC3(C)C4CC=C5C6CC(C)(C)CC[C@]6(C(C)=O)C(O)C[C@@]5(C)[C@@]4(C)CC[C@H]3[C@@]2(C)C=O)[C@@H](OC(=O)C(C)(C)C)[C@H](C)C1C. The molecule has 0 aromatic rings. The Morgan fingerprint density at radius 1 is 0.490 bits per heavy atom. The van der Waals surface area contributed by atoms with Crippen molar-refractivity contribution in [3.05, 3.63) is 23.3 Å². The average Bonchev–Trinajstić information content (AvgIpc) is 0.676. The smallest absolute Gasteiger partial charge is 0.311 e. The molecule has 2 saturated heterocycles. The largest absolute Gasteiger partial charge is 0.456 e. The van der Waals surface area contributed by atoms with E-state index in [1.54, 1.807) is 19.4 Å². The fourth-order valence-corrected chi connectivity index (χ4v) is 27.2. The van der Waals surface area contributed by atoms with Gasteiger partial charge in [0.1, 0.15) is 36.3 Å². The maximum Gasteiger partial charge on any atom is 0.311 e. The van der Waals surface area contributed by atoms with Gasteiger partial charge in [-0.15, -0.1) is 0 Å². The van der Waals surface area contributed by atoms with Crippen LogP contribution in [0.3, 0.4) is 0 Å². The Labute approximate surface area is 603 Å². The summed E-state index contributed by atoms with van der Waals surface area (Å²) < 4.78 is 32.7. The summed E-state index contributed by atoms with van der Waals surface area (Å²) >= 11 is 0. The van der Waals surface area contributed by atoms with Crippen molar-refractivity contribution in [3.63, 3.8) is 0 Å². The van der Waals surface area contributed by atoms with Crippen LogP contribution in [0.5, 0.6) is 0 Å². The van der Waals surface area contributed by atoms with Crippen molar-refractivity contribution >= 4 is 41.7 Å². The first-order chi connectivity index (χ1) is 46.1. The topological polar surface area (TPSA) is 186 Å². The summed E-state index contributed by atoms with van der Waals surface area (Å²) in [5, 5.41) is 12.1. The number of Topliss-reactive ketones (excluding diaryl/α,β-unsaturated/α-hetero) is 4. The van der Waals surface area contributed by atoms with E-state index in [0.29, 0.717) is 36.4 Å². The third-order valence-electron chi connectivity index (χ3n) is 34.4. The molecule has 12 unspecified atom stereocenters. The standard InChI is InChI=1S/C45H70O8.C42H66O5/c1-25-26(2)36(53-38(50)39(5,6)7)37(52-35(25)27(3)47)51-34-17-18-41(10)31(42(34,11)24-46)16-19-43(12)32(41)15-14-29-30-22-40(8,9)20-21-45(30,28(4)48)33(49)23-44(29,43)13;1-24-21-41(12)30(31-22-37(7,8)19-20-42(24,31)29(6)45)13-14-33-38(9)17-16-34(39(10,23-43)32(38)15-18-40(33,41)11)46-36-27(4)25(2)26(3)35(47-36)28(5)44/h14,24-26,30-37,49H,15-23H2,1-13H3;13,23-27,31-36H,14-22H2,1-12H3/t25?,26-,30?,31-,32?,33?,34+,35?,36+,37-,41?,42-,43+,44-,45-;24?,25-,26+,27?,31?,32-,33?,34+,35?,36-,38?,39-,40+,41-,42-/m11/s1. The van der Waals surface area contributed by atoms with Crippen molar-refractivity contribution in [1.29, 1.82) is 0 Å². The second-order valence-corrected chi connectivity index (χ2v) is 41.2. The Bertz CT molecular complexity index is 3300. The van der Waals surface area contributed by atoms with E-state index in [0.717, 1.165) is 109 Å². The van der Waals surface area contributed by atoms with Crippen LogP contribution in [0.4, 0.5) is 0 Å². The van der Waals surface area contributed by atoms with Gasteiger partial charge in [-0.1, -0.05) is 148 Å². The van der Waals surface area contributed by atoms with Gasteiger partial charge in [0, 0.05) is 17.3 Å². The highest BCUT2D eigenvalue weighted by Gasteiger charge is 2.74. The van der Waals surface area contributed by atoms with Gasteiger partial charge in [-0.3, -0.25) is 24.0 Å². The van der Waals surface area contributed by atoms with Gasteiger partial charge in [0.15, 0.2) is 30.3 Å². The second kappa shape index (κ2) is 25.7. The summed E-state index contributed by atoms with van der Waals surface area (Å²) in [6.07, 6.45) is 19.3. The molecule has 0 amide bonds. The monoisotopic (exact) mass is 1390 g/mol.